The fraction of sp³-hybridized carbons (Fsp3) is 0.381. The molecule has 0 saturated carbocycles. The Morgan fingerprint density at radius 3 is 2.14 bits per heavy atom. The van der Waals surface area contributed by atoms with E-state index in [1.165, 1.54) is 12.1 Å². The van der Waals surface area contributed by atoms with Crippen molar-refractivity contribution in [3.63, 3.8) is 0 Å². The lowest BCUT2D eigenvalue weighted by atomic mass is 10.1. The highest BCUT2D eigenvalue weighted by Gasteiger charge is 2.21. The van der Waals surface area contributed by atoms with E-state index in [1.807, 2.05) is 6.92 Å². The number of carbonyl (C=O) groups excluding carboxylic acids is 1. The normalized spacial score (nSPS) is 13.2. The van der Waals surface area contributed by atoms with E-state index in [9.17, 15) is 17.6 Å². The predicted molar refractivity (Wildman–Crippen MR) is 108 cm³/mol. The lowest BCUT2D eigenvalue weighted by molar-refractivity contribution is -0.121. The zero-order chi connectivity index (χ0) is 20.9. The van der Waals surface area contributed by atoms with Gasteiger partial charge < -0.3 is 5.32 Å². The largest absolute Gasteiger partial charge is 0.350 e. The van der Waals surface area contributed by atoms with Crippen molar-refractivity contribution in [2.75, 3.05) is 0 Å². The molecular weight excluding hydrogens is 379 g/mol. The summed E-state index contributed by atoms with van der Waals surface area (Å²) in [5.74, 6) is -0.437. The Morgan fingerprint density at radius 2 is 1.61 bits per heavy atom. The minimum atomic E-state index is -3.57. The second-order valence-electron chi connectivity index (χ2n) is 7.84. The number of nitrogens with one attached hydrogen (secondary N) is 2. The number of benzene rings is 2. The zero-order valence-corrected chi connectivity index (χ0v) is 17.4. The predicted octanol–water partition coefficient (Wildman–Crippen LogP) is 3.71. The number of rotatable bonds is 7. The van der Waals surface area contributed by atoms with Crippen LogP contribution in [0.15, 0.2) is 53.4 Å². The molecule has 0 heterocycles. The first-order valence-electron chi connectivity index (χ1n) is 9.14. The second-order valence-corrected chi connectivity index (χ2v) is 9.52. The van der Waals surface area contributed by atoms with Crippen molar-refractivity contribution >= 4 is 15.9 Å². The van der Waals surface area contributed by atoms with E-state index in [2.05, 4.69) is 10.0 Å². The Labute approximate surface area is 166 Å². The fourth-order valence-electron chi connectivity index (χ4n) is 2.70. The molecule has 1 amide bonds. The Hall–Kier alpha value is -2.25. The van der Waals surface area contributed by atoms with Crippen LogP contribution >= 0.6 is 0 Å². The summed E-state index contributed by atoms with van der Waals surface area (Å²) in [4.78, 5) is 12.4. The molecule has 2 N–H and O–H groups in total. The first-order chi connectivity index (χ1) is 13.0. The molecule has 0 aliphatic carbocycles. The molecule has 7 heteroatoms. The Bertz CT molecular complexity index is 902. The van der Waals surface area contributed by atoms with Gasteiger partial charge in [0.25, 0.3) is 0 Å². The molecule has 2 aromatic carbocycles. The minimum Gasteiger partial charge on any atom is -0.350 e. The third kappa shape index (κ3) is 6.73. The summed E-state index contributed by atoms with van der Waals surface area (Å²) in [6.45, 7) is 7.19. The summed E-state index contributed by atoms with van der Waals surface area (Å²) in [6, 6.07) is 12.3. The van der Waals surface area contributed by atoms with E-state index >= 15 is 0 Å². The molecule has 0 fully saturated rings. The second kappa shape index (κ2) is 8.84. The van der Waals surface area contributed by atoms with E-state index in [4.69, 9.17) is 0 Å². The van der Waals surface area contributed by atoms with Gasteiger partial charge in [-0.3, -0.25) is 4.79 Å². The van der Waals surface area contributed by atoms with Crippen molar-refractivity contribution in [2.45, 2.75) is 57.0 Å². The molecule has 0 aliphatic heterocycles. The van der Waals surface area contributed by atoms with E-state index in [0.717, 1.165) is 11.1 Å². The van der Waals surface area contributed by atoms with Crippen LogP contribution in [-0.2, 0) is 21.2 Å². The van der Waals surface area contributed by atoms with Gasteiger partial charge in [-0.1, -0.05) is 24.3 Å². The Morgan fingerprint density at radius 1 is 1.04 bits per heavy atom. The smallest absolute Gasteiger partial charge is 0.241 e. The van der Waals surface area contributed by atoms with E-state index in [-0.39, 0.29) is 29.1 Å². The van der Waals surface area contributed by atoms with Crippen LogP contribution in [0.4, 0.5) is 4.39 Å². The summed E-state index contributed by atoms with van der Waals surface area (Å²) >= 11 is 0. The molecule has 5 nitrogen and oxygen atoms in total. The quantitative estimate of drug-likeness (QED) is 0.736. The third-order valence-electron chi connectivity index (χ3n) is 4.06. The van der Waals surface area contributed by atoms with Crippen LogP contribution in [0.3, 0.4) is 0 Å². The van der Waals surface area contributed by atoms with Crippen LogP contribution in [0.5, 0.6) is 0 Å². The minimum absolute atomic E-state index is 0.122. The summed E-state index contributed by atoms with van der Waals surface area (Å²) in [7, 11) is -3.57. The molecule has 0 aromatic heterocycles. The van der Waals surface area contributed by atoms with E-state index in [1.54, 1.807) is 57.2 Å². The number of sulfonamides is 1. The molecular formula is C21H27FN2O3S. The molecule has 2 aromatic rings. The van der Waals surface area contributed by atoms with Gasteiger partial charge >= 0.3 is 0 Å². The van der Waals surface area contributed by atoms with Gasteiger partial charge in [0.05, 0.1) is 10.9 Å². The van der Waals surface area contributed by atoms with Gasteiger partial charge in [0.1, 0.15) is 5.82 Å². The lowest BCUT2D eigenvalue weighted by Gasteiger charge is -2.20. The van der Waals surface area contributed by atoms with Crippen LogP contribution in [-0.4, -0.2) is 19.9 Å². The number of hydrogen-bond acceptors (Lipinski definition) is 3. The first-order valence-corrected chi connectivity index (χ1v) is 10.6. The third-order valence-corrected chi connectivity index (χ3v) is 5.84. The number of carbonyl (C=O) groups is 1. The van der Waals surface area contributed by atoms with E-state index in [0.29, 0.717) is 6.42 Å². The molecule has 0 radical (unpaired) electrons. The molecule has 0 spiro atoms. The number of amides is 1. The van der Waals surface area contributed by atoms with Crippen LogP contribution < -0.4 is 10.0 Å². The molecule has 1 unspecified atom stereocenters. The number of aryl methyl sites for hydroxylation is 1. The van der Waals surface area contributed by atoms with Crippen LogP contribution in [0.25, 0.3) is 0 Å². The zero-order valence-electron chi connectivity index (χ0n) is 16.6. The fourth-order valence-corrected chi connectivity index (χ4v) is 4.12. The van der Waals surface area contributed by atoms with Gasteiger partial charge in [-0.2, -0.15) is 0 Å². The maximum atomic E-state index is 13.0. The first kappa shape index (κ1) is 22.0. The highest BCUT2D eigenvalue weighted by molar-refractivity contribution is 7.89. The molecule has 28 heavy (non-hydrogen) atoms. The van der Waals surface area contributed by atoms with Crippen LogP contribution in [0, 0.1) is 5.82 Å². The van der Waals surface area contributed by atoms with Gasteiger partial charge in [-0.25, -0.2) is 17.5 Å². The van der Waals surface area contributed by atoms with Crippen molar-refractivity contribution in [1.82, 2.24) is 10.0 Å². The molecule has 0 saturated heterocycles. The number of halogens is 1. The van der Waals surface area contributed by atoms with E-state index < -0.39 is 15.6 Å². The molecule has 0 bridgehead atoms. The van der Waals surface area contributed by atoms with Crippen molar-refractivity contribution in [2.24, 2.45) is 0 Å². The average Bonchev–Trinajstić information content (AvgIpc) is 2.59. The summed E-state index contributed by atoms with van der Waals surface area (Å²) in [6.07, 6.45) is 0.771. The topological polar surface area (TPSA) is 75.3 Å². The van der Waals surface area contributed by atoms with Gasteiger partial charge in [-0.05, 0) is 69.5 Å². The maximum absolute atomic E-state index is 13.0. The standard InChI is InChI=1S/C21H27FN2O3S/c1-15(17-8-10-18(22)11-9-17)23-20(25)14-7-16-5-12-19(13-6-16)28(26,27)24-21(2,3)4/h5-6,8-13,15,24H,7,14H2,1-4H3,(H,23,25). The summed E-state index contributed by atoms with van der Waals surface area (Å²) in [5.41, 5.74) is 1.14. The molecule has 0 aliphatic rings. The van der Waals surface area contributed by atoms with Crippen molar-refractivity contribution < 1.29 is 17.6 Å². The Balaban J connectivity index is 1.90. The maximum Gasteiger partial charge on any atom is 0.241 e. The lowest BCUT2D eigenvalue weighted by Crippen LogP contribution is -2.40. The highest BCUT2D eigenvalue weighted by atomic mass is 32.2. The van der Waals surface area contributed by atoms with Crippen molar-refractivity contribution in [1.29, 1.82) is 0 Å². The monoisotopic (exact) mass is 406 g/mol. The van der Waals surface area contributed by atoms with Crippen molar-refractivity contribution in [3.8, 4) is 0 Å². The van der Waals surface area contributed by atoms with Crippen LogP contribution in [0.1, 0.15) is 51.3 Å². The van der Waals surface area contributed by atoms with Crippen molar-refractivity contribution in [3.05, 3.63) is 65.5 Å². The summed E-state index contributed by atoms with van der Waals surface area (Å²) in [5, 5.41) is 2.88. The molecule has 2 rings (SSSR count). The van der Waals surface area contributed by atoms with Gasteiger partial charge in [0.2, 0.25) is 15.9 Å². The summed E-state index contributed by atoms with van der Waals surface area (Å²) < 4.78 is 40.2. The molecule has 152 valence electrons. The van der Waals surface area contributed by atoms with Gasteiger partial charge in [0.15, 0.2) is 0 Å². The Kier molecular flexibility index (Phi) is 6.96. The number of hydrogen-bond donors (Lipinski definition) is 2. The van der Waals surface area contributed by atoms with Crippen LogP contribution in [0.2, 0.25) is 0 Å². The van der Waals surface area contributed by atoms with Gasteiger partial charge in [0, 0.05) is 12.0 Å². The van der Waals surface area contributed by atoms with Gasteiger partial charge in [-0.15, -0.1) is 0 Å². The SMILES string of the molecule is CC(NC(=O)CCc1ccc(S(=O)(=O)NC(C)(C)C)cc1)c1ccc(F)cc1. The average molecular weight is 407 g/mol. The molecule has 1 atom stereocenters. The highest BCUT2D eigenvalue weighted by Crippen LogP contribution is 2.16.